The van der Waals surface area contributed by atoms with Gasteiger partial charge < -0.3 is 15.1 Å². The predicted octanol–water partition coefficient (Wildman–Crippen LogP) is 1.35. The van der Waals surface area contributed by atoms with Crippen LogP contribution in [0.15, 0.2) is 35.6 Å². The highest BCUT2D eigenvalue weighted by atomic mass is 16.6. The number of nitrogens with zero attached hydrogens (tertiary/aromatic N) is 2. The Bertz CT molecular complexity index is 769. The number of Topliss-reactive ketones (excluding diaryl/α,β-unsaturated/α-hetero) is 1. The van der Waals surface area contributed by atoms with Crippen molar-refractivity contribution in [2.75, 3.05) is 6.54 Å². The Labute approximate surface area is 136 Å². The third kappa shape index (κ3) is 3.09. The fourth-order valence-electron chi connectivity index (χ4n) is 2.61. The molecule has 9 nitrogen and oxygen atoms in total. The second kappa shape index (κ2) is 6.49. The topological polar surface area (TPSA) is 138 Å². The van der Waals surface area contributed by atoms with Crippen molar-refractivity contribution in [3.63, 3.8) is 0 Å². The van der Waals surface area contributed by atoms with E-state index in [1.807, 2.05) is 0 Å². The molecule has 0 saturated carbocycles. The van der Waals surface area contributed by atoms with Gasteiger partial charge in [0, 0.05) is 18.7 Å². The molecule has 0 bridgehead atoms. The van der Waals surface area contributed by atoms with Crippen molar-refractivity contribution in [2.45, 2.75) is 19.4 Å². The summed E-state index contributed by atoms with van der Waals surface area (Å²) in [7, 11) is 0. The van der Waals surface area contributed by atoms with E-state index < -0.39 is 40.8 Å². The van der Waals surface area contributed by atoms with E-state index in [0.717, 1.165) is 11.8 Å². The molecule has 2 rings (SSSR count). The fourth-order valence-corrected chi connectivity index (χ4v) is 2.61. The summed E-state index contributed by atoms with van der Waals surface area (Å²) in [5.74, 6) is -3.37. The van der Waals surface area contributed by atoms with Gasteiger partial charge in [-0.15, -0.1) is 0 Å². The number of carbonyl (C=O) groups excluding carboxylic acids is 2. The summed E-state index contributed by atoms with van der Waals surface area (Å²) in [6, 6.07) is 4.24. The van der Waals surface area contributed by atoms with Gasteiger partial charge in [0.15, 0.2) is 11.5 Å². The number of ketones is 1. The highest BCUT2D eigenvalue weighted by Gasteiger charge is 2.42. The first kappa shape index (κ1) is 17.1. The van der Waals surface area contributed by atoms with Crippen LogP contribution in [0, 0.1) is 10.1 Å². The molecule has 0 aliphatic carbocycles. The normalized spacial score (nSPS) is 17.3. The molecule has 9 heteroatoms. The van der Waals surface area contributed by atoms with Gasteiger partial charge in [-0.2, -0.15) is 0 Å². The van der Waals surface area contributed by atoms with Crippen molar-refractivity contribution in [3.8, 4) is 0 Å². The van der Waals surface area contributed by atoms with Gasteiger partial charge in [0.1, 0.15) is 0 Å². The van der Waals surface area contributed by atoms with Crippen LogP contribution in [-0.4, -0.2) is 44.2 Å². The summed E-state index contributed by atoms with van der Waals surface area (Å²) in [6.07, 6.45) is -0.393. The molecule has 126 valence electrons. The predicted molar refractivity (Wildman–Crippen MR) is 80.1 cm³/mol. The number of aliphatic hydroxyl groups excluding tert-OH is 1. The Balaban J connectivity index is 2.52. The highest BCUT2D eigenvalue weighted by Crippen LogP contribution is 2.38. The monoisotopic (exact) mass is 334 g/mol. The summed E-state index contributed by atoms with van der Waals surface area (Å²) >= 11 is 0. The van der Waals surface area contributed by atoms with E-state index in [4.69, 9.17) is 5.11 Å². The zero-order valence-electron chi connectivity index (χ0n) is 12.6. The second-order valence-electron chi connectivity index (χ2n) is 5.22. The van der Waals surface area contributed by atoms with Gasteiger partial charge in [0.2, 0.25) is 0 Å². The van der Waals surface area contributed by atoms with Gasteiger partial charge in [0.25, 0.3) is 11.6 Å². The molecule has 0 saturated heterocycles. The van der Waals surface area contributed by atoms with Gasteiger partial charge in [-0.1, -0.05) is 12.1 Å². The lowest BCUT2D eigenvalue weighted by Crippen LogP contribution is -2.33. The van der Waals surface area contributed by atoms with Crippen LogP contribution in [0.4, 0.5) is 5.69 Å². The van der Waals surface area contributed by atoms with E-state index in [0.29, 0.717) is 0 Å². The molecule has 1 aromatic rings. The van der Waals surface area contributed by atoms with E-state index >= 15 is 0 Å². The average molecular weight is 334 g/mol. The molecule has 0 radical (unpaired) electrons. The lowest BCUT2D eigenvalue weighted by atomic mass is 9.96. The van der Waals surface area contributed by atoms with E-state index in [2.05, 4.69) is 0 Å². The van der Waals surface area contributed by atoms with Crippen molar-refractivity contribution in [2.24, 2.45) is 0 Å². The Kier molecular flexibility index (Phi) is 4.63. The largest absolute Gasteiger partial charge is 0.503 e. The van der Waals surface area contributed by atoms with Crippen LogP contribution in [0.5, 0.6) is 0 Å². The molecular formula is C15H14N2O7. The molecule has 0 unspecified atom stereocenters. The van der Waals surface area contributed by atoms with Gasteiger partial charge in [0.05, 0.1) is 23.0 Å². The zero-order valence-corrected chi connectivity index (χ0v) is 12.6. The maximum Gasteiger partial charge on any atom is 0.305 e. The van der Waals surface area contributed by atoms with Crippen molar-refractivity contribution in [1.29, 1.82) is 0 Å². The lowest BCUT2D eigenvalue weighted by molar-refractivity contribution is -0.384. The summed E-state index contributed by atoms with van der Waals surface area (Å²) in [5, 5.41) is 29.7. The van der Waals surface area contributed by atoms with Crippen LogP contribution in [0.3, 0.4) is 0 Å². The summed E-state index contributed by atoms with van der Waals surface area (Å²) in [6.45, 7) is 0.909. The number of benzene rings is 1. The van der Waals surface area contributed by atoms with E-state index in [1.54, 1.807) is 0 Å². The lowest BCUT2D eigenvalue weighted by Gasteiger charge is -2.25. The average Bonchev–Trinajstić information content (AvgIpc) is 2.77. The first-order valence-corrected chi connectivity index (χ1v) is 6.95. The number of nitro groups is 1. The third-order valence-corrected chi connectivity index (χ3v) is 3.65. The van der Waals surface area contributed by atoms with Crippen LogP contribution in [0.2, 0.25) is 0 Å². The number of hydrogen-bond donors (Lipinski definition) is 2. The number of hydrogen-bond acceptors (Lipinski definition) is 6. The van der Waals surface area contributed by atoms with Crippen LogP contribution >= 0.6 is 0 Å². The van der Waals surface area contributed by atoms with Crippen molar-refractivity contribution < 1.29 is 29.5 Å². The Morgan fingerprint density at radius 2 is 2.04 bits per heavy atom. The zero-order chi connectivity index (χ0) is 18.0. The van der Waals surface area contributed by atoms with Crippen LogP contribution in [0.1, 0.15) is 24.9 Å². The minimum absolute atomic E-state index is 0.203. The van der Waals surface area contributed by atoms with Crippen LogP contribution < -0.4 is 0 Å². The van der Waals surface area contributed by atoms with Gasteiger partial charge in [-0.05, 0) is 12.5 Å². The van der Waals surface area contributed by atoms with Crippen molar-refractivity contribution in [3.05, 3.63) is 51.3 Å². The molecule has 1 aliphatic rings. The van der Waals surface area contributed by atoms with Crippen LogP contribution in [0.25, 0.3) is 0 Å². The first-order valence-electron chi connectivity index (χ1n) is 6.95. The molecule has 1 heterocycles. The standard InChI is InChI=1S/C15H14N2O7/c1-8(18)12-13(9-3-2-4-10(7-9)17(23)24)16(6-5-11(19)20)15(22)14(12)21/h2-4,7,13,21H,5-6H2,1H3,(H,19,20)/t13-/m1/s1. The second-order valence-corrected chi connectivity index (χ2v) is 5.22. The highest BCUT2D eigenvalue weighted by molar-refractivity contribution is 6.08. The summed E-state index contributed by atoms with van der Waals surface area (Å²) < 4.78 is 0. The van der Waals surface area contributed by atoms with E-state index in [9.17, 15) is 29.6 Å². The maximum absolute atomic E-state index is 12.2. The quantitative estimate of drug-likeness (QED) is 0.591. The third-order valence-electron chi connectivity index (χ3n) is 3.65. The minimum atomic E-state index is -1.16. The van der Waals surface area contributed by atoms with E-state index in [-0.39, 0.29) is 23.4 Å². The Morgan fingerprint density at radius 1 is 1.38 bits per heavy atom. The summed E-state index contributed by atoms with van der Waals surface area (Å²) in [4.78, 5) is 46.1. The molecule has 2 N–H and O–H groups in total. The number of aliphatic hydroxyl groups is 1. The van der Waals surface area contributed by atoms with Gasteiger partial charge in [-0.25, -0.2) is 0 Å². The molecule has 1 atom stereocenters. The molecule has 0 spiro atoms. The Morgan fingerprint density at radius 3 is 2.58 bits per heavy atom. The number of carbonyl (C=O) groups is 3. The van der Waals surface area contributed by atoms with E-state index in [1.165, 1.54) is 24.3 Å². The molecule has 1 aromatic carbocycles. The van der Waals surface area contributed by atoms with Gasteiger partial charge in [-0.3, -0.25) is 24.5 Å². The summed E-state index contributed by atoms with van der Waals surface area (Å²) in [5.41, 5.74) is -0.199. The number of amides is 1. The molecule has 1 amide bonds. The maximum atomic E-state index is 12.2. The SMILES string of the molecule is CC(=O)C1=C(O)C(=O)N(CCC(=O)O)[C@@H]1c1cccc([N+](=O)[O-])c1. The van der Waals surface area contributed by atoms with Crippen LogP contribution in [-0.2, 0) is 14.4 Å². The number of carboxylic acid groups (broad SMARTS) is 1. The molecule has 1 aliphatic heterocycles. The number of rotatable bonds is 6. The van der Waals surface area contributed by atoms with Crippen molar-refractivity contribution in [1.82, 2.24) is 4.90 Å². The molecular weight excluding hydrogens is 320 g/mol. The van der Waals surface area contributed by atoms with Gasteiger partial charge >= 0.3 is 5.97 Å². The number of aliphatic carboxylic acids is 1. The number of nitro benzene ring substituents is 1. The minimum Gasteiger partial charge on any atom is -0.503 e. The molecule has 0 aromatic heterocycles. The Hall–Kier alpha value is -3.23. The fraction of sp³-hybridized carbons (Fsp3) is 0.267. The smallest absolute Gasteiger partial charge is 0.305 e. The molecule has 0 fully saturated rings. The number of carboxylic acids is 1. The number of non-ortho nitro benzene ring substituents is 1. The molecule has 24 heavy (non-hydrogen) atoms. The first-order chi connectivity index (χ1) is 11.2. The van der Waals surface area contributed by atoms with Crippen molar-refractivity contribution >= 4 is 23.3 Å².